The second-order valence-electron chi connectivity index (χ2n) is 5.84. The number of aryl methyl sites for hydroxylation is 1. The molecule has 2 heterocycles. The maximum Gasteiger partial charge on any atom is 0.144 e. The van der Waals surface area contributed by atoms with Crippen molar-refractivity contribution >= 4 is 22.6 Å². The van der Waals surface area contributed by atoms with Crippen LogP contribution in [0.25, 0.3) is 22.4 Å². The van der Waals surface area contributed by atoms with Crippen molar-refractivity contribution in [1.29, 1.82) is 0 Å². The van der Waals surface area contributed by atoms with Gasteiger partial charge in [0.2, 0.25) is 0 Å². The molecule has 0 atom stereocenters. The van der Waals surface area contributed by atoms with E-state index in [-0.39, 0.29) is 0 Å². The molecule has 4 heteroatoms. The molecular formula is C20H16ClN3. The first-order valence-corrected chi connectivity index (χ1v) is 8.22. The number of imidazole rings is 1. The van der Waals surface area contributed by atoms with Gasteiger partial charge in [0.1, 0.15) is 11.0 Å². The van der Waals surface area contributed by atoms with Gasteiger partial charge in [-0.05, 0) is 36.8 Å². The summed E-state index contributed by atoms with van der Waals surface area (Å²) in [6.45, 7) is 2.83. The highest BCUT2D eigenvalue weighted by Gasteiger charge is 2.15. The number of rotatable bonds is 3. The highest BCUT2D eigenvalue weighted by molar-refractivity contribution is 6.32. The number of halogens is 1. The molecule has 0 amide bonds. The molecule has 0 unspecified atom stereocenters. The van der Waals surface area contributed by atoms with E-state index in [1.54, 1.807) is 6.20 Å². The van der Waals surface area contributed by atoms with Crippen molar-refractivity contribution in [3.63, 3.8) is 0 Å². The minimum Gasteiger partial charge on any atom is -0.319 e. The minimum absolute atomic E-state index is 0.470. The van der Waals surface area contributed by atoms with Gasteiger partial charge >= 0.3 is 0 Å². The van der Waals surface area contributed by atoms with Gasteiger partial charge in [-0.25, -0.2) is 9.97 Å². The van der Waals surface area contributed by atoms with Crippen LogP contribution in [0.2, 0.25) is 5.15 Å². The summed E-state index contributed by atoms with van der Waals surface area (Å²) < 4.78 is 2.20. The first kappa shape index (κ1) is 14.9. The van der Waals surface area contributed by atoms with Gasteiger partial charge in [-0.2, -0.15) is 0 Å². The number of benzene rings is 2. The maximum absolute atomic E-state index is 6.32. The number of para-hydroxylation sites is 2. The third kappa shape index (κ3) is 2.68. The molecule has 0 aliphatic carbocycles. The van der Waals surface area contributed by atoms with Crippen LogP contribution in [0.5, 0.6) is 0 Å². The van der Waals surface area contributed by atoms with E-state index in [0.717, 1.165) is 29.0 Å². The zero-order valence-corrected chi connectivity index (χ0v) is 14.0. The van der Waals surface area contributed by atoms with Gasteiger partial charge in [0.15, 0.2) is 0 Å². The van der Waals surface area contributed by atoms with Crippen molar-refractivity contribution in [3.05, 3.63) is 83.1 Å². The first-order valence-electron chi connectivity index (χ1n) is 7.84. The lowest BCUT2D eigenvalue weighted by atomic mass is 10.1. The van der Waals surface area contributed by atoms with Crippen LogP contribution >= 0.6 is 11.6 Å². The predicted octanol–water partition coefficient (Wildman–Crippen LogP) is 5.11. The summed E-state index contributed by atoms with van der Waals surface area (Å²) in [5.41, 5.74) is 5.38. The molecule has 24 heavy (non-hydrogen) atoms. The number of pyridine rings is 1. The topological polar surface area (TPSA) is 30.7 Å². The predicted molar refractivity (Wildman–Crippen MR) is 98.3 cm³/mol. The number of hydrogen-bond acceptors (Lipinski definition) is 2. The van der Waals surface area contributed by atoms with Crippen molar-refractivity contribution in [2.45, 2.75) is 13.5 Å². The number of aromatic nitrogens is 3. The van der Waals surface area contributed by atoms with Crippen molar-refractivity contribution in [1.82, 2.24) is 14.5 Å². The molecule has 0 spiro atoms. The zero-order chi connectivity index (χ0) is 16.5. The summed E-state index contributed by atoms with van der Waals surface area (Å²) in [4.78, 5) is 8.99. The van der Waals surface area contributed by atoms with E-state index in [2.05, 4.69) is 46.8 Å². The lowest BCUT2D eigenvalue weighted by Gasteiger charge is -2.10. The smallest absolute Gasteiger partial charge is 0.144 e. The molecule has 0 saturated heterocycles. The van der Waals surface area contributed by atoms with Gasteiger partial charge in [-0.1, -0.05) is 53.6 Å². The van der Waals surface area contributed by atoms with Gasteiger partial charge < -0.3 is 4.57 Å². The molecule has 2 aromatic carbocycles. The van der Waals surface area contributed by atoms with Crippen LogP contribution in [-0.2, 0) is 6.54 Å². The number of fused-ring (bicyclic) bond motifs is 1. The fourth-order valence-electron chi connectivity index (χ4n) is 2.87. The second kappa shape index (κ2) is 6.10. The van der Waals surface area contributed by atoms with Gasteiger partial charge in [0, 0.05) is 12.7 Å². The number of nitrogens with zero attached hydrogens (tertiary/aromatic N) is 3. The standard InChI is InChI=1S/C20H16ClN3/c1-14-8-10-15(11-9-14)13-24-18-7-3-2-6-17(18)23-20(24)16-5-4-12-22-19(16)21/h2-12H,13H2,1H3. The molecule has 0 N–H and O–H groups in total. The van der Waals surface area contributed by atoms with Gasteiger partial charge in [-0.3, -0.25) is 0 Å². The lowest BCUT2D eigenvalue weighted by molar-refractivity contribution is 0.833. The summed E-state index contributed by atoms with van der Waals surface area (Å²) in [5.74, 6) is 0.842. The van der Waals surface area contributed by atoms with E-state index in [9.17, 15) is 0 Å². The van der Waals surface area contributed by atoms with E-state index in [1.807, 2.05) is 30.3 Å². The molecule has 0 bridgehead atoms. The van der Waals surface area contributed by atoms with Gasteiger partial charge in [-0.15, -0.1) is 0 Å². The van der Waals surface area contributed by atoms with Crippen LogP contribution in [-0.4, -0.2) is 14.5 Å². The van der Waals surface area contributed by atoms with E-state index >= 15 is 0 Å². The van der Waals surface area contributed by atoms with Crippen LogP contribution in [0.1, 0.15) is 11.1 Å². The highest BCUT2D eigenvalue weighted by Crippen LogP contribution is 2.29. The Morgan fingerprint density at radius 3 is 2.54 bits per heavy atom. The maximum atomic E-state index is 6.32. The summed E-state index contributed by atoms with van der Waals surface area (Å²) in [7, 11) is 0. The molecular weight excluding hydrogens is 318 g/mol. The molecule has 0 radical (unpaired) electrons. The monoisotopic (exact) mass is 333 g/mol. The zero-order valence-electron chi connectivity index (χ0n) is 13.3. The molecule has 0 aliphatic heterocycles. The normalized spacial score (nSPS) is 11.1. The van der Waals surface area contributed by atoms with Crippen molar-refractivity contribution in [3.8, 4) is 11.4 Å². The van der Waals surface area contributed by atoms with Crippen LogP contribution in [0.3, 0.4) is 0 Å². The van der Waals surface area contributed by atoms with Gasteiger partial charge in [0.25, 0.3) is 0 Å². The Bertz CT molecular complexity index is 1000. The second-order valence-corrected chi connectivity index (χ2v) is 6.20. The Balaban J connectivity index is 1.90. The third-order valence-electron chi connectivity index (χ3n) is 4.12. The quantitative estimate of drug-likeness (QED) is 0.488. The Kier molecular flexibility index (Phi) is 3.79. The Labute approximate surface area is 145 Å². The molecule has 4 aromatic rings. The van der Waals surface area contributed by atoms with E-state index in [1.165, 1.54) is 11.1 Å². The van der Waals surface area contributed by atoms with Crippen molar-refractivity contribution in [2.24, 2.45) is 0 Å². The van der Waals surface area contributed by atoms with Gasteiger partial charge in [0.05, 0.1) is 16.6 Å². The van der Waals surface area contributed by atoms with Crippen molar-refractivity contribution in [2.75, 3.05) is 0 Å². The number of hydrogen-bond donors (Lipinski definition) is 0. The molecule has 3 nitrogen and oxygen atoms in total. The highest BCUT2D eigenvalue weighted by atomic mass is 35.5. The minimum atomic E-state index is 0.470. The van der Waals surface area contributed by atoms with Crippen molar-refractivity contribution < 1.29 is 0 Å². The third-order valence-corrected chi connectivity index (χ3v) is 4.42. The Hall–Kier alpha value is -2.65. The van der Waals surface area contributed by atoms with E-state index in [0.29, 0.717) is 5.15 Å². The summed E-state index contributed by atoms with van der Waals surface area (Å²) in [6, 6.07) is 20.6. The van der Waals surface area contributed by atoms with Crippen LogP contribution in [0.4, 0.5) is 0 Å². The summed E-state index contributed by atoms with van der Waals surface area (Å²) in [5, 5.41) is 0.470. The van der Waals surface area contributed by atoms with E-state index < -0.39 is 0 Å². The Morgan fingerprint density at radius 1 is 0.958 bits per heavy atom. The summed E-state index contributed by atoms with van der Waals surface area (Å²) >= 11 is 6.32. The average molecular weight is 334 g/mol. The molecule has 0 aliphatic rings. The molecule has 0 saturated carbocycles. The SMILES string of the molecule is Cc1ccc(Cn2c(-c3cccnc3Cl)nc3ccccc32)cc1. The fraction of sp³-hybridized carbons (Fsp3) is 0.100. The van der Waals surface area contributed by atoms with E-state index in [4.69, 9.17) is 16.6 Å². The summed E-state index contributed by atoms with van der Waals surface area (Å²) in [6.07, 6.45) is 1.69. The fourth-order valence-corrected chi connectivity index (χ4v) is 3.07. The first-order chi connectivity index (χ1) is 11.7. The molecule has 0 fully saturated rings. The van der Waals surface area contributed by atoms with Crippen LogP contribution in [0.15, 0.2) is 66.9 Å². The molecule has 4 rings (SSSR count). The largest absolute Gasteiger partial charge is 0.319 e. The molecule has 118 valence electrons. The lowest BCUT2D eigenvalue weighted by Crippen LogP contribution is -2.03. The average Bonchev–Trinajstić information content (AvgIpc) is 2.96. The van der Waals surface area contributed by atoms with Crippen LogP contribution < -0.4 is 0 Å². The van der Waals surface area contributed by atoms with Crippen LogP contribution in [0, 0.1) is 6.92 Å². The molecule has 2 aromatic heterocycles. The Morgan fingerprint density at radius 2 is 1.75 bits per heavy atom.